The molecule has 0 aromatic heterocycles. The van der Waals surface area contributed by atoms with E-state index in [1.54, 1.807) is 0 Å². The number of hydrogen-bond acceptors (Lipinski definition) is 2. The van der Waals surface area contributed by atoms with Crippen molar-refractivity contribution in [2.45, 2.75) is 38.8 Å². The minimum atomic E-state index is -0.0617. The van der Waals surface area contributed by atoms with Gasteiger partial charge in [0.15, 0.2) is 0 Å². The van der Waals surface area contributed by atoms with Crippen molar-refractivity contribution < 1.29 is 9.53 Å². The first-order valence-electron chi connectivity index (χ1n) is 6.72. The Morgan fingerprint density at radius 3 is 2.74 bits per heavy atom. The minimum absolute atomic E-state index is 0.0617. The van der Waals surface area contributed by atoms with Crippen molar-refractivity contribution >= 4 is 17.5 Å². The highest BCUT2D eigenvalue weighted by Gasteiger charge is 2.30. The van der Waals surface area contributed by atoms with E-state index >= 15 is 0 Å². The number of carbonyl (C=O) groups is 1. The summed E-state index contributed by atoms with van der Waals surface area (Å²) in [5.41, 5.74) is 1.07. The normalized spacial score (nSPS) is 22.7. The van der Waals surface area contributed by atoms with Crippen LogP contribution in [0.1, 0.15) is 38.4 Å². The Morgan fingerprint density at radius 2 is 2.11 bits per heavy atom. The molecule has 0 spiro atoms. The van der Waals surface area contributed by atoms with Crippen LogP contribution < -0.4 is 5.32 Å². The van der Waals surface area contributed by atoms with E-state index in [0.29, 0.717) is 24.0 Å². The predicted molar refractivity (Wildman–Crippen MR) is 76.1 cm³/mol. The smallest absolute Gasteiger partial charge is 0.220 e. The molecule has 4 heteroatoms. The maximum Gasteiger partial charge on any atom is 0.220 e. The van der Waals surface area contributed by atoms with Crippen LogP contribution in [0.3, 0.4) is 0 Å². The molecule has 2 atom stereocenters. The number of benzene rings is 1. The first-order valence-corrected chi connectivity index (χ1v) is 7.10. The third-order valence-electron chi connectivity index (χ3n) is 3.23. The molecule has 1 N–H and O–H groups in total. The summed E-state index contributed by atoms with van der Waals surface area (Å²) in [6.45, 7) is 4.77. The molecule has 1 saturated heterocycles. The molecule has 0 bridgehead atoms. The number of halogens is 1. The van der Waals surface area contributed by atoms with Crippen LogP contribution in [0.4, 0.5) is 0 Å². The van der Waals surface area contributed by atoms with Crippen LogP contribution >= 0.6 is 11.6 Å². The predicted octanol–water partition coefficient (Wildman–Crippen LogP) is 3.33. The van der Waals surface area contributed by atoms with Crippen molar-refractivity contribution in [1.29, 1.82) is 0 Å². The molecule has 1 amide bonds. The monoisotopic (exact) mass is 281 g/mol. The van der Waals surface area contributed by atoms with Gasteiger partial charge in [-0.2, -0.15) is 0 Å². The van der Waals surface area contributed by atoms with Gasteiger partial charge in [-0.3, -0.25) is 4.79 Å². The van der Waals surface area contributed by atoms with Crippen LogP contribution in [0.25, 0.3) is 0 Å². The molecule has 1 aromatic rings. The molecular formula is C15H20ClNO2. The van der Waals surface area contributed by atoms with Crippen LogP contribution in [0.2, 0.25) is 5.02 Å². The van der Waals surface area contributed by atoms with Crippen LogP contribution in [0, 0.1) is 5.92 Å². The Balaban J connectivity index is 2.00. The van der Waals surface area contributed by atoms with Crippen molar-refractivity contribution in [1.82, 2.24) is 5.32 Å². The lowest BCUT2D eigenvalue weighted by molar-refractivity contribution is -0.122. The lowest BCUT2D eigenvalue weighted by atomic mass is 10.0. The highest BCUT2D eigenvalue weighted by Crippen LogP contribution is 2.30. The molecule has 0 aliphatic carbocycles. The molecule has 0 saturated carbocycles. The Hall–Kier alpha value is -1.06. The molecule has 0 unspecified atom stereocenters. The number of amides is 1. The van der Waals surface area contributed by atoms with Gasteiger partial charge in [0, 0.05) is 18.1 Å². The second-order valence-electron chi connectivity index (χ2n) is 5.40. The molecule has 3 nitrogen and oxygen atoms in total. The van der Waals surface area contributed by atoms with Crippen LogP contribution in [0.15, 0.2) is 24.3 Å². The van der Waals surface area contributed by atoms with Crippen LogP contribution in [-0.4, -0.2) is 18.6 Å². The van der Waals surface area contributed by atoms with E-state index in [1.165, 1.54) is 0 Å². The third-order valence-corrected chi connectivity index (χ3v) is 3.48. The molecule has 0 radical (unpaired) electrons. The standard InChI is InChI=1S/C15H20ClNO2/c1-10(2)9-14(18)17-13-7-8-19-15(13)11-3-5-12(16)6-4-11/h3-6,10,13,15H,7-9H2,1-2H3,(H,17,18)/t13-,15-/m0/s1. The molecule has 104 valence electrons. The van der Waals surface area contributed by atoms with E-state index in [0.717, 1.165) is 12.0 Å². The number of hydrogen-bond donors (Lipinski definition) is 1. The fourth-order valence-electron chi connectivity index (χ4n) is 2.35. The summed E-state index contributed by atoms with van der Waals surface area (Å²) in [5.74, 6) is 0.473. The van der Waals surface area contributed by atoms with Crippen molar-refractivity contribution in [3.05, 3.63) is 34.9 Å². The average Bonchev–Trinajstić information content (AvgIpc) is 2.77. The lowest BCUT2D eigenvalue weighted by Gasteiger charge is -2.20. The first-order chi connectivity index (χ1) is 9.06. The van der Waals surface area contributed by atoms with Gasteiger partial charge < -0.3 is 10.1 Å². The second-order valence-corrected chi connectivity index (χ2v) is 5.84. The zero-order valence-corrected chi connectivity index (χ0v) is 12.1. The van der Waals surface area contributed by atoms with E-state index in [4.69, 9.17) is 16.3 Å². The number of rotatable bonds is 4. The van der Waals surface area contributed by atoms with Crippen LogP contribution in [-0.2, 0) is 9.53 Å². The number of ether oxygens (including phenoxy) is 1. The Labute approximate surface area is 119 Å². The highest BCUT2D eigenvalue weighted by molar-refractivity contribution is 6.30. The summed E-state index contributed by atoms with van der Waals surface area (Å²) in [6.07, 6.45) is 1.36. The highest BCUT2D eigenvalue weighted by atomic mass is 35.5. The Kier molecular flexibility index (Phi) is 4.83. The maximum absolute atomic E-state index is 11.9. The Bertz CT molecular complexity index is 430. The maximum atomic E-state index is 11.9. The van der Waals surface area contributed by atoms with Gasteiger partial charge >= 0.3 is 0 Å². The molecule has 1 aromatic carbocycles. The van der Waals surface area contributed by atoms with Crippen molar-refractivity contribution in [3.8, 4) is 0 Å². The van der Waals surface area contributed by atoms with Gasteiger partial charge in [0.2, 0.25) is 5.91 Å². The molecule has 1 fully saturated rings. The lowest BCUT2D eigenvalue weighted by Crippen LogP contribution is -2.37. The molecule has 19 heavy (non-hydrogen) atoms. The van der Waals surface area contributed by atoms with Gasteiger partial charge in [-0.25, -0.2) is 0 Å². The fourth-order valence-corrected chi connectivity index (χ4v) is 2.48. The quantitative estimate of drug-likeness (QED) is 0.919. The van der Waals surface area contributed by atoms with E-state index in [1.807, 2.05) is 38.1 Å². The van der Waals surface area contributed by atoms with E-state index in [-0.39, 0.29) is 18.1 Å². The summed E-state index contributed by atoms with van der Waals surface area (Å²) < 4.78 is 5.74. The van der Waals surface area contributed by atoms with Crippen molar-refractivity contribution in [3.63, 3.8) is 0 Å². The van der Waals surface area contributed by atoms with Crippen molar-refractivity contribution in [2.24, 2.45) is 5.92 Å². The SMILES string of the molecule is CC(C)CC(=O)N[C@H]1CCO[C@H]1c1ccc(Cl)cc1. The minimum Gasteiger partial charge on any atom is -0.371 e. The number of carbonyl (C=O) groups excluding carboxylic acids is 1. The van der Waals surface area contributed by atoms with Gasteiger partial charge in [-0.1, -0.05) is 37.6 Å². The molecule has 1 aliphatic heterocycles. The van der Waals surface area contributed by atoms with Gasteiger partial charge in [0.25, 0.3) is 0 Å². The summed E-state index contributed by atoms with van der Waals surface area (Å²) >= 11 is 5.89. The topological polar surface area (TPSA) is 38.3 Å². The van der Waals surface area contributed by atoms with E-state index in [2.05, 4.69) is 5.32 Å². The zero-order chi connectivity index (χ0) is 13.8. The molecule has 1 aliphatic rings. The summed E-state index contributed by atoms with van der Waals surface area (Å²) in [6, 6.07) is 7.68. The first kappa shape index (κ1) is 14.4. The molecular weight excluding hydrogens is 262 g/mol. The largest absolute Gasteiger partial charge is 0.371 e. The van der Waals surface area contributed by atoms with Gasteiger partial charge in [0.1, 0.15) is 6.10 Å². The van der Waals surface area contributed by atoms with Gasteiger partial charge in [-0.15, -0.1) is 0 Å². The molecule has 2 rings (SSSR count). The fraction of sp³-hybridized carbons (Fsp3) is 0.533. The Morgan fingerprint density at radius 1 is 1.42 bits per heavy atom. The third kappa shape index (κ3) is 3.95. The summed E-state index contributed by atoms with van der Waals surface area (Å²) in [7, 11) is 0. The molecule has 1 heterocycles. The van der Waals surface area contributed by atoms with Crippen molar-refractivity contribution in [2.75, 3.05) is 6.61 Å². The van der Waals surface area contributed by atoms with Gasteiger partial charge in [-0.05, 0) is 30.0 Å². The van der Waals surface area contributed by atoms with Gasteiger partial charge in [0.05, 0.1) is 6.04 Å². The van der Waals surface area contributed by atoms with E-state index in [9.17, 15) is 4.79 Å². The second kappa shape index (κ2) is 6.40. The average molecular weight is 282 g/mol. The summed E-state index contributed by atoms with van der Waals surface area (Å²) in [4.78, 5) is 11.9. The van der Waals surface area contributed by atoms with E-state index < -0.39 is 0 Å². The number of nitrogens with one attached hydrogen (secondary N) is 1. The zero-order valence-electron chi connectivity index (χ0n) is 11.4. The van der Waals surface area contributed by atoms with Crippen LogP contribution in [0.5, 0.6) is 0 Å². The summed E-state index contributed by atoms with van der Waals surface area (Å²) in [5, 5.41) is 3.79.